The molecule has 0 saturated carbocycles. The number of methoxy groups -OCH3 is 2. The van der Waals surface area contributed by atoms with Crippen LogP contribution in [-0.2, 0) is 19.1 Å². The van der Waals surface area contributed by atoms with Gasteiger partial charge in [-0.2, -0.15) is 9.65 Å². The SMILES string of the molecule is COC(=O)C1=C(C(=O)OC)N(c2cc(F)c(F)c(F)c2[N+](=O)[O-])C(N)=C(C#N)C1c1ccccc1. The van der Waals surface area contributed by atoms with E-state index in [9.17, 15) is 38.1 Å². The molecule has 3 rings (SSSR count). The van der Waals surface area contributed by atoms with Crippen molar-refractivity contribution in [2.75, 3.05) is 19.1 Å². The summed E-state index contributed by atoms with van der Waals surface area (Å²) in [6.07, 6.45) is 0. The maximum Gasteiger partial charge on any atom is 0.355 e. The van der Waals surface area contributed by atoms with Gasteiger partial charge < -0.3 is 15.2 Å². The van der Waals surface area contributed by atoms with Gasteiger partial charge in [-0.1, -0.05) is 30.3 Å². The summed E-state index contributed by atoms with van der Waals surface area (Å²) in [7, 11) is 1.87. The zero-order chi connectivity index (χ0) is 26.0. The highest BCUT2D eigenvalue weighted by Crippen LogP contribution is 2.46. The number of carbonyl (C=O) groups is 2. The van der Waals surface area contributed by atoms with Crippen LogP contribution in [0.4, 0.5) is 24.5 Å². The van der Waals surface area contributed by atoms with E-state index < -0.39 is 74.3 Å². The van der Waals surface area contributed by atoms with E-state index >= 15 is 0 Å². The number of hydrogen-bond donors (Lipinski definition) is 1. The number of allylic oxidation sites excluding steroid dienone is 1. The third kappa shape index (κ3) is 4.01. The van der Waals surface area contributed by atoms with E-state index in [1.54, 1.807) is 24.3 Å². The number of nitriles is 1. The van der Waals surface area contributed by atoms with Crippen molar-refractivity contribution in [3.63, 3.8) is 0 Å². The van der Waals surface area contributed by atoms with Crippen LogP contribution in [0.3, 0.4) is 0 Å². The molecule has 10 nitrogen and oxygen atoms in total. The highest BCUT2D eigenvalue weighted by molar-refractivity contribution is 6.06. The first-order valence-corrected chi connectivity index (χ1v) is 9.58. The molecular formula is C22H15F3N4O6. The normalized spacial score (nSPS) is 15.5. The fourth-order valence-corrected chi connectivity index (χ4v) is 3.68. The first-order valence-electron chi connectivity index (χ1n) is 9.58. The lowest BCUT2D eigenvalue weighted by Gasteiger charge is -2.35. The van der Waals surface area contributed by atoms with Gasteiger partial charge in [0.25, 0.3) is 0 Å². The number of anilines is 1. The van der Waals surface area contributed by atoms with E-state index in [2.05, 4.69) is 0 Å². The second-order valence-corrected chi connectivity index (χ2v) is 6.95. The Morgan fingerprint density at radius 1 is 1.11 bits per heavy atom. The summed E-state index contributed by atoms with van der Waals surface area (Å²) in [5.74, 6) is -10.7. The number of ether oxygens (including phenoxy) is 2. The molecule has 2 aromatic rings. The van der Waals surface area contributed by atoms with Crippen molar-refractivity contribution >= 4 is 23.3 Å². The maximum atomic E-state index is 14.5. The Labute approximate surface area is 195 Å². The summed E-state index contributed by atoms with van der Waals surface area (Å²) < 4.78 is 52.0. The molecule has 1 aliphatic heterocycles. The number of rotatable bonds is 5. The lowest BCUT2D eigenvalue weighted by molar-refractivity contribution is -0.387. The Balaban J connectivity index is 2.55. The summed E-state index contributed by atoms with van der Waals surface area (Å²) in [6, 6.07) is 9.74. The average Bonchev–Trinajstić information content (AvgIpc) is 2.85. The number of carbonyl (C=O) groups excluding carboxylic acids is 2. The fraction of sp³-hybridized carbons (Fsp3) is 0.136. The molecule has 180 valence electrons. The fourth-order valence-electron chi connectivity index (χ4n) is 3.68. The van der Waals surface area contributed by atoms with Crippen LogP contribution in [0.1, 0.15) is 11.5 Å². The molecule has 13 heteroatoms. The van der Waals surface area contributed by atoms with Gasteiger partial charge in [-0.3, -0.25) is 15.0 Å². The Bertz CT molecular complexity index is 1350. The molecule has 2 N–H and O–H groups in total. The van der Waals surface area contributed by atoms with Crippen LogP contribution in [0.2, 0.25) is 0 Å². The Morgan fingerprint density at radius 2 is 1.71 bits per heavy atom. The zero-order valence-corrected chi connectivity index (χ0v) is 18.0. The lowest BCUT2D eigenvalue weighted by Crippen LogP contribution is -2.41. The minimum Gasteiger partial charge on any atom is -0.466 e. The molecular weight excluding hydrogens is 473 g/mol. The molecule has 0 radical (unpaired) electrons. The van der Waals surface area contributed by atoms with E-state index in [-0.39, 0.29) is 6.07 Å². The molecule has 0 spiro atoms. The molecule has 0 aromatic heterocycles. The second-order valence-electron chi connectivity index (χ2n) is 6.95. The van der Waals surface area contributed by atoms with Gasteiger partial charge in [-0.25, -0.2) is 18.4 Å². The molecule has 0 aliphatic carbocycles. The number of benzene rings is 2. The number of esters is 2. The smallest absolute Gasteiger partial charge is 0.355 e. The first-order chi connectivity index (χ1) is 16.6. The van der Waals surface area contributed by atoms with Gasteiger partial charge in [0, 0.05) is 6.07 Å². The Kier molecular flexibility index (Phi) is 6.76. The standard InChI is InChI=1S/C22H15F3N4O6/c1-34-21(30)15-14(10-6-4-3-5-7-10)11(9-26)20(27)28(19(15)22(31)35-2)13-8-12(23)16(24)17(25)18(13)29(32)33/h3-8,14H,27H2,1-2H3. The third-order valence-corrected chi connectivity index (χ3v) is 5.15. The molecule has 0 saturated heterocycles. The predicted molar refractivity (Wildman–Crippen MR) is 113 cm³/mol. The van der Waals surface area contributed by atoms with Gasteiger partial charge in [0.05, 0.1) is 42.3 Å². The van der Waals surface area contributed by atoms with Gasteiger partial charge in [-0.05, 0) is 5.56 Å². The van der Waals surface area contributed by atoms with Crippen molar-refractivity contribution in [3.8, 4) is 6.07 Å². The average molecular weight is 488 g/mol. The number of nitro benzene ring substituents is 1. The van der Waals surface area contributed by atoms with Crippen LogP contribution in [-0.4, -0.2) is 31.1 Å². The van der Waals surface area contributed by atoms with Crippen LogP contribution >= 0.6 is 0 Å². The van der Waals surface area contributed by atoms with Crippen LogP contribution in [0.25, 0.3) is 0 Å². The van der Waals surface area contributed by atoms with Crippen molar-refractivity contribution in [3.05, 3.63) is 92.2 Å². The number of hydrogen-bond acceptors (Lipinski definition) is 9. The quantitative estimate of drug-likeness (QED) is 0.290. The number of nitro groups is 1. The van der Waals surface area contributed by atoms with Gasteiger partial charge in [0.1, 0.15) is 17.2 Å². The summed E-state index contributed by atoms with van der Waals surface area (Å²) in [4.78, 5) is 36.4. The summed E-state index contributed by atoms with van der Waals surface area (Å²) in [5.41, 5.74) is 1.94. The highest BCUT2D eigenvalue weighted by Gasteiger charge is 2.45. The first kappa shape index (κ1) is 24.8. The Morgan fingerprint density at radius 3 is 2.23 bits per heavy atom. The molecule has 1 atom stereocenters. The Hall–Kier alpha value is -4.86. The van der Waals surface area contributed by atoms with Crippen LogP contribution < -0.4 is 10.6 Å². The van der Waals surface area contributed by atoms with Crippen molar-refractivity contribution in [2.45, 2.75) is 5.92 Å². The third-order valence-electron chi connectivity index (χ3n) is 5.15. The minimum absolute atomic E-state index is 0.207. The van der Waals surface area contributed by atoms with Crippen LogP contribution in [0.5, 0.6) is 0 Å². The molecule has 0 fully saturated rings. The molecule has 0 bridgehead atoms. The molecule has 35 heavy (non-hydrogen) atoms. The summed E-state index contributed by atoms with van der Waals surface area (Å²) in [6.45, 7) is 0. The topological polar surface area (TPSA) is 149 Å². The second kappa shape index (κ2) is 9.56. The molecule has 0 amide bonds. The van der Waals surface area contributed by atoms with E-state index in [4.69, 9.17) is 15.2 Å². The van der Waals surface area contributed by atoms with Crippen molar-refractivity contribution in [1.82, 2.24) is 0 Å². The molecule has 1 unspecified atom stereocenters. The summed E-state index contributed by atoms with van der Waals surface area (Å²) >= 11 is 0. The van der Waals surface area contributed by atoms with Crippen molar-refractivity contribution in [2.24, 2.45) is 5.73 Å². The van der Waals surface area contributed by atoms with E-state index in [1.165, 1.54) is 12.1 Å². The summed E-state index contributed by atoms with van der Waals surface area (Å²) in [5, 5.41) is 21.5. The van der Waals surface area contributed by atoms with E-state index in [1.807, 2.05) is 0 Å². The predicted octanol–water partition coefficient (Wildman–Crippen LogP) is 2.91. The largest absolute Gasteiger partial charge is 0.466 e. The van der Waals surface area contributed by atoms with Gasteiger partial charge in [-0.15, -0.1) is 0 Å². The van der Waals surface area contributed by atoms with Gasteiger partial charge >= 0.3 is 17.6 Å². The van der Waals surface area contributed by atoms with Crippen LogP contribution in [0.15, 0.2) is 59.1 Å². The van der Waals surface area contributed by atoms with Crippen LogP contribution in [0, 0.1) is 38.9 Å². The van der Waals surface area contributed by atoms with E-state index in [0.717, 1.165) is 14.2 Å². The van der Waals surface area contributed by atoms with Gasteiger partial charge in [0.15, 0.2) is 5.82 Å². The lowest BCUT2D eigenvalue weighted by atomic mass is 9.81. The van der Waals surface area contributed by atoms with Gasteiger partial charge in [0.2, 0.25) is 11.6 Å². The minimum atomic E-state index is -2.19. The highest BCUT2D eigenvalue weighted by atomic mass is 19.2. The molecule has 1 aliphatic rings. The number of nitrogens with zero attached hydrogens (tertiary/aromatic N) is 3. The maximum absolute atomic E-state index is 14.5. The number of nitrogens with two attached hydrogens (primary N) is 1. The number of halogens is 3. The van der Waals surface area contributed by atoms with Crippen molar-refractivity contribution in [1.29, 1.82) is 5.26 Å². The monoisotopic (exact) mass is 488 g/mol. The van der Waals surface area contributed by atoms with Crippen molar-refractivity contribution < 1.29 is 37.2 Å². The molecule has 1 heterocycles. The zero-order valence-electron chi connectivity index (χ0n) is 18.0. The molecule has 2 aromatic carbocycles. The van der Waals surface area contributed by atoms with E-state index in [0.29, 0.717) is 10.5 Å².